The van der Waals surface area contributed by atoms with Gasteiger partial charge in [0.05, 0.1) is 10.5 Å². The third-order valence-electron chi connectivity index (χ3n) is 3.29. The molecule has 1 aromatic carbocycles. The first-order chi connectivity index (χ1) is 9.46. The Morgan fingerprint density at radius 3 is 1.76 bits per heavy atom. The van der Waals surface area contributed by atoms with Gasteiger partial charge in [0.2, 0.25) is 0 Å². The fraction of sp³-hybridized carbons (Fsp3) is 0.467. The fourth-order valence-electron chi connectivity index (χ4n) is 2.11. The summed E-state index contributed by atoms with van der Waals surface area (Å²) in [5.41, 5.74) is -0.598. The number of hydrogen-bond donors (Lipinski definition) is 0. The smallest absolute Gasteiger partial charge is 0.258 e. The number of nitrogens with zero attached hydrogens (tertiary/aromatic N) is 1. The van der Waals surface area contributed by atoms with Crippen molar-refractivity contribution >= 4 is 11.3 Å². The Balaban J connectivity index is 3.67. The molecule has 0 aliphatic heterocycles. The molecule has 0 aromatic heterocycles. The molecule has 0 heterocycles. The number of allylic oxidation sites excluding steroid dienone is 1. The number of hydrogen-bond acceptors (Lipinski definition) is 2. The summed E-state index contributed by atoms with van der Waals surface area (Å²) in [6.07, 6.45) is -4.56. The normalized spacial score (nSPS) is 12.0. The summed E-state index contributed by atoms with van der Waals surface area (Å²) in [5.74, 6) is -0.521. The van der Waals surface area contributed by atoms with Gasteiger partial charge < -0.3 is 0 Å². The van der Waals surface area contributed by atoms with E-state index in [1.165, 1.54) is 12.1 Å². The molecule has 0 atom stereocenters. The molecule has 0 aliphatic rings. The zero-order chi connectivity index (χ0) is 16.5. The summed E-state index contributed by atoms with van der Waals surface area (Å²) in [4.78, 5) is 10.8. The monoisotopic (exact) mass is 301 g/mol. The molecular weight excluding hydrogens is 283 g/mol. The largest absolute Gasteiger partial charge is 0.416 e. The standard InChI is InChI=1S/C15H18F3NO2/c1-8(2)12-6-11(10(5)15(16,17)18)7-13(9(3)4)14(12)19(20)21/h6-9H,5H2,1-4H3. The zero-order valence-electron chi connectivity index (χ0n) is 12.4. The highest BCUT2D eigenvalue weighted by Gasteiger charge is 2.35. The van der Waals surface area contributed by atoms with E-state index in [9.17, 15) is 23.3 Å². The fourth-order valence-corrected chi connectivity index (χ4v) is 2.11. The summed E-state index contributed by atoms with van der Waals surface area (Å²) < 4.78 is 38.5. The Morgan fingerprint density at radius 1 is 1.14 bits per heavy atom. The van der Waals surface area contributed by atoms with E-state index in [-0.39, 0.29) is 23.1 Å². The highest BCUT2D eigenvalue weighted by molar-refractivity contribution is 5.71. The molecule has 0 saturated heterocycles. The Labute approximate surface area is 121 Å². The van der Waals surface area contributed by atoms with Crippen molar-refractivity contribution in [1.82, 2.24) is 0 Å². The number of nitro groups is 1. The van der Waals surface area contributed by atoms with Gasteiger partial charge in [-0.25, -0.2) is 0 Å². The highest BCUT2D eigenvalue weighted by atomic mass is 19.4. The number of benzene rings is 1. The minimum atomic E-state index is -4.56. The summed E-state index contributed by atoms with van der Waals surface area (Å²) in [6, 6.07) is 2.45. The molecule has 6 heteroatoms. The Kier molecular flexibility index (Phi) is 4.81. The first kappa shape index (κ1) is 17.2. The van der Waals surface area contributed by atoms with Crippen LogP contribution in [0, 0.1) is 10.1 Å². The molecule has 0 fully saturated rings. The van der Waals surface area contributed by atoms with E-state index in [4.69, 9.17) is 0 Å². The van der Waals surface area contributed by atoms with Gasteiger partial charge in [0.25, 0.3) is 5.69 Å². The van der Waals surface area contributed by atoms with Gasteiger partial charge in [-0.05, 0) is 29.5 Å². The van der Waals surface area contributed by atoms with E-state index in [2.05, 4.69) is 6.58 Å². The molecule has 0 unspecified atom stereocenters. The van der Waals surface area contributed by atoms with Crippen molar-refractivity contribution < 1.29 is 18.1 Å². The third-order valence-corrected chi connectivity index (χ3v) is 3.29. The third kappa shape index (κ3) is 3.62. The molecule has 0 saturated carbocycles. The van der Waals surface area contributed by atoms with Crippen molar-refractivity contribution in [2.45, 2.75) is 45.7 Å². The molecule has 1 rings (SSSR count). The topological polar surface area (TPSA) is 43.1 Å². The van der Waals surface area contributed by atoms with Gasteiger partial charge in [0.1, 0.15) is 0 Å². The van der Waals surface area contributed by atoms with Crippen LogP contribution in [0.2, 0.25) is 0 Å². The lowest BCUT2D eigenvalue weighted by Gasteiger charge is -2.17. The quantitative estimate of drug-likeness (QED) is 0.550. The minimum absolute atomic E-state index is 0.0984. The molecule has 0 bridgehead atoms. The van der Waals surface area contributed by atoms with Crippen LogP contribution in [0.5, 0.6) is 0 Å². The van der Waals surface area contributed by atoms with Crippen molar-refractivity contribution in [3.8, 4) is 0 Å². The van der Waals surface area contributed by atoms with Crippen molar-refractivity contribution in [3.05, 3.63) is 45.5 Å². The van der Waals surface area contributed by atoms with E-state index in [1.807, 2.05) is 0 Å². The lowest BCUT2D eigenvalue weighted by atomic mass is 9.88. The Morgan fingerprint density at radius 2 is 1.52 bits per heavy atom. The van der Waals surface area contributed by atoms with E-state index in [1.54, 1.807) is 27.7 Å². The van der Waals surface area contributed by atoms with Gasteiger partial charge in [-0.2, -0.15) is 13.2 Å². The van der Waals surface area contributed by atoms with Crippen LogP contribution < -0.4 is 0 Å². The van der Waals surface area contributed by atoms with Crippen LogP contribution in [0.1, 0.15) is 56.2 Å². The SMILES string of the molecule is C=C(c1cc(C(C)C)c([N+](=O)[O-])c(C(C)C)c1)C(F)(F)F. The van der Waals surface area contributed by atoms with Gasteiger partial charge in [-0.1, -0.05) is 34.3 Å². The zero-order valence-corrected chi connectivity index (χ0v) is 12.4. The molecule has 0 aliphatic carbocycles. The molecule has 21 heavy (non-hydrogen) atoms. The van der Waals surface area contributed by atoms with Gasteiger partial charge in [-0.15, -0.1) is 0 Å². The maximum Gasteiger partial charge on any atom is 0.416 e. The maximum atomic E-state index is 12.8. The van der Waals surface area contributed by atoms with E-state index < -0.39 is 16.7 Å². The van der Waals surface area contributed by atoms with Crippen LogP contribution in [-0.2, 0) is 0 Å². The van der Waals surface area contributed by atoms with Gasteiger partial charge in [-0.3, -0.25) is 10.1 Å². The second-order valence-electron chi connectivity index (χ2n) is 5.55. The lowest BCUT2D eigenvalue weighted by molar-refractivity contribution is -0.386. The van der Waals surface area contributed by atoms with Crippen LogP contribution >= 0.6 is 0 Å². The lowest BCUT2D eigenvalue weighted by Crippen LogP contribution is -2.12. The maximum absolute atomic E-state index is 12.8. The minimum Gasteiger partial charge on any atom is -0.258 e. The predicted molar refractivity (Wildman–Crippen MR) is 76.4 cm³/mol. The van der Waals surface area contributed by atoms with Crippen LogP contribution in [0.4, 0.5) is 18.9 Å². The van der Waals surface area contributed by atoms with E-state index >= 15 is 0 Å². The van der Waals surface area contributed by atoms with E-state index in [0.717, 1.165) is 0 Å². The average molecular weight is 301 g/mol. The van der Waals surface area contributed by atoms with Crippen LogP contribution in [0.25, 0.3) is 5.57 Å². The Bertz CT molecular complexity index is 546. The summed E-state index contributed by atoms with van der Waals surface area (Å²) >= 11 is 0. The average Bonchev–Trinajstić information content (AvgIpc) is 2.34. The van der Waals surface area contributed by atoms with Crippen molar-refractivity contribution in [2.24, 2.45) is 0 Å². The van der Waals surface area contributed by atoms with Crippen molar-refractivity contribution in [2.75, 3.05) is 0 Å². The Hall–Kier alpha value is -1.85. The van der Waals surface area contributed by atoms with Crippen molar-refractivity contribution in [3.63, 3.8) is 0 Å². The summed E-state index contributed by atoms with van der Waals surface area (Å²) in [7, 11) is 0. The summed E-state index contributed by atoms with van der Waals surface area (Å²) in [6.45, 7) is 9.94. The summed E-state index contributed by atoms with van der Waals surface area (Å²) in [5, 5.41) is 11.3. The van der Waals surface area contributed by atoms with Gasteiger partial charge >= 0.3 is 6.18 Å². The number of alkyl halides is 3. The molecular formula is C15H18F3NO2. The number of rotatable bonds is 4. The van der Waals surface area contributed by atoms with Gasteiger partial charge in [0, 0.05) is 11.1 Å². The number of halogens is 3. The molecule has 0 amide bonds. The van der Waals surface area contributed by atoms with E-state index in [0.29, 0.717) is 11.1 Å². The van der Waals surface area contributed by atoms with Crippen LogP contribution in [0.15, 0.2) is 18.7 Å². The molecule has 3 nitrogen and oxygen atoms in total. The van der Waals surface area contributed by atoms with Gasteiger partial charge in [0.15, 0.2) is 0 Å². The van der Waals surface area contributed by atoms with Crippen LogP contribution in [-0.4, -0.2) is 11.1 Å². The molecule has 0 spiro atoms. The molecule has 116 valence electrons. The van der Waals surface area contributed by atoms with Crippen molar-refractivity contribution in [1.29, 1.82) is 0 Å². The first-order valence-electron chi connectivity index (χ1n) is 6.55. The molecule has 1 aromatic rings. The van der Waals surface area contributed by atoms with Crippen LogP contribution in [0.3, 0.4) is 0 Å². The first-order valence-corrected chi connectivity index (χ1v) is 6.55. The number of nitro benzene ring substituents is 1. The molecule has 0 N–H and O–H groups in total. The second kappa shape index (κ2) is 5.87. The highest BCUT2D eigenvalue weighted by Crippen LogP contribution is 2.40. The molecule has 0 radical (unpaired) electrons. The predicted octanol–water partition coefficient (Wildman–Crippen LogP) is 5.42. The second-order valence-corrected chi connectivity index (χ2v) is 5.55.